The van der Waals surface area contributed by atoms with E-state index in [2.05, 4.69) is 10.6 Å². The summed E-state index contributed by atoms with van der Waals surface area (Å²) < 4.78 is 94.2. The van der Waals surface area contributed by atoms with E-state index in [9.17, 15) is 45.1 Å². The van der Waals surface area contributed by atoms with E-state index in [-0.39, 0.29) is 28.8 Å². The lowest BCUT2D eigenvalue weighted by molar-refractivity contribution is -0.143. The molecule has 0 aromatic heterocycles. The third-order valence-corrected chi connectivity index (χ3v) is 6.76. The Morgan fingerprint density at radius 1 is 0.857 bits per heavy atom. The SMILES string of the molecule is CN(C(=O)c1cc(C(F)(F)F)cc(C(F)(F)F)c1)c1cc(C(=O)N[C@@H]2CCCCNC2=O)ccc1-c1ccc(F)cc1. The molecule has 42 heavy (non-hydrogen) atoms. The maximum atomic E-state index is 13.6. The molecule has 3 aromatic rings. The Kier molecular flexibility index (Phi) is 8.60. The highest BCUT2D eigenvalue weighted by Gasteiger charge is 2.38. The van der Waals surface area contributed by atoms with Crippen LogP contribution < -0.4 is 15.5 Å². The van der Waals surface area contributed by atoms with E-state index < -0.39 is 52.7 Å². The number of nitrogens with zero attached hydrogens (tertiary/aromatic N) is 1. The highest BCUT2D eigenvalue weighted by molar-refractivity contribution is 6.09. The number of amides is 3. The maximum absolute atomic E-state index is 13.6. The van der Waals surface area contributed by atoms with Gasteiger partial charge < -0.3 is 15.5 Å². The molecule has 3 amide bonds. The molecule has 1 saturated heterocycles. The Balaban J connectivity index is 1.77. The summed E-state index contributed by atoms with van der Waals surface area (Å²) in [7, 11) is 1.12. The van der Waals surface area contributed by atoms with E-state index in [1.54, 1.807) is 0 Å². The minimum atomic E-state index is -5.17. The summed E-state index contributed by atoms with van der Waals surface area (Å²) in [5.41, 5.74) is -3.73. The first kappa shape index (κ1) is 30.5. The molecule has 0 radical (unpaired) electrons. The van der Waals surface area contributed by atoms with Crippen molar-refractivity contribution >= 4 is 23.4 Å². The van der Waals surface area contributed by atoms with Crippen molar-refractivity contribution in [3.63, 3.8) is 0 Å². The van der Waals surface area contributed by atoms with Crippen molar-refractivity contribution < 1.29 is 45.1 Å². The molecule has 0 saturated carbocycles. The number of alkyl halides is 6. The number of carbonyl (C=O) groups excluding carboxylic acids is 3. The van der Waals surface area contributed by atoms with Gasteiger partial charge in [-0.15, -0.1) is 0 Å². The Morgan fingerprint density at radius 2 is 1.48 bits per heavy atom. The van der Waals surface area contributed by atoms with Gasteiger partial charge in [-0.05, 0) is 67.3 Å². The van der Waals surface area contributed by atoms with Gasteiger partial charge in [-0.1, -0.05) is 18.2 Å². The second kappa shape index (κ2) is 11.8. The first-order chi connectivity index (χ1) is 19.6. The number of rotatable bonds is 5. The van der Waals surface area contributed by atoms with Crippen molar-refractivity contribution in [2.24, 2.45) is 0 Å². The van der Waals surface area contributed by atoms with Gasteiger partial charge in [0, 0.05) is 30.3 Å². The average molecular weight is 596 g/mol. The molecule has 0 bridgehead atoms. The van der Waals surface area contributed by atoms with Crippen LogP contribution in [0, 0.1) is 5.82 Å². The number of benzene rings is 3. The van der Waals surface area contributed by atoms with Crippen molar-refractivity contribution in [3.05, 3.63) is 88.7 Å². The summed E-state index contributed by atoms with van der Waals surface area (Å²) in [5, 5.41) is 5.29. The molecule has 1 fully saturated rings. The minimum absolute atomic E-state index is 0.0346. The zero-order valence-corrected chi connectivity index (χ0v) is 22.0. The molecule has 6 nitrogen and oxygen atoms in total. The summed E-state index contributed by atoms with van der Waals surface area (Å²) in [6.07, 6.45) is -8.56. The molecule has 1 atom stereocenters. The van der Waals surface area contributed by atoms with Gasteiger partial charge in [0.25, 0.3) is 11.8 Å². The molecule has 0 spiro atoms. The van der Waals surface area contributed by atoms with Crippen LogP contribution in [0.5, 0.6) is 0 Å². The van der Waals surface area contributed by atoms with E-state index in [1.807, 2.05) is 0 Å². The molecule has 1 heterocycles. The van der Waals surface area contributed by atoms with Crippen LogP contribution in [0.2, 0.25) is 0 Å². The second-order valence-corrected chi connectivity index (χ2v) is 9.71. The fraction of sp³-hybridized carbons (Fsp3) is 0.276. The topological polar surface area (TPSA) is 78.5 Å². The Bertz CT molecular complexity index is 1470. The summed E-state index contributed by atoms with van der Waals surface area (Å²) >= 11 is 0. The van der Waals surface area contributed by atoms with Gasteiger partial charge in [0.05, 0.1) is 16.8 Å². The smallest absolute Gasteiger partial charge is 0.354 e. The highest BCUT2D eigenvalue weighted by Crippen LogP contribution is 2.38. The van der Waals surface area contributed by atoms with Crippen molar-refractivity contribution in [1.82, 2.24) is 10.6 Å². The van der Waals surface area contributed by atoms with Crippen LogP contribution in [0.25, 0.3) is 11.1 Å². The Labute approximate surface area is 235 Å². The number of anilines is 1. The van der Waals surface area contributed by atoms with E-state index in [4.69, 9.17) is 0 Å². The Hall–Kier alpha value is -4.42. The number of nitrogens with one attached hydrogen (secondary N) is 2. The van der Waals surface area contributed by atoms with Gasteiger partial charge in [0.15, 0.2) is 0 Å². The first-order valence-corrected chi connectivity index (χ1v) is 12.7. The van der Waals surface area contributed by atoms with Crippen LogP contribution in [-0.4, -0.2) is 37.4 Å². The molecular weight excluding hydrogens is 571 g/mol. The highest BCUT2D eigenvalue weighted by atomic mass is 19.4. The van der Waals surface area contributed by atoms with Gasteiger partial charge in [-0.2, -0.15) is 26.3 Å². The van der Waals surface area contributed by atoms with Crippen molar-refractivity contribution in [3.8, 4) is 11.1 Å². The van der Waals surface area contributed by atoms with Gasteiger partial charge >= 0.3 is 12.4 Å². The van der Waals surface area contributed by atoms with Crippen LogP contribution in [0.4, 0.5) is 36.4 Å². The molecule has 0 aliphatic carbocycles. The fourth-order valence-corrected chi connectivity index (χ4v) is 4.52. The molecular formula is C29H24F7N3O3. The predicted molar refractivity (Wildman–Crippen MR) is 139 cm³/mol. The predicted octanol–water partition coefficient (Wildman–Crippen LogP) is 6.21. The zero-order valence-electron chi connectivity index (χ0n) is 22.0. The van der Waals surface area contributed by atoms with E-state index in [1.165, 1.54) is 30.3 Å². The lowest BCUT2D eigenvalue weighted by Gasteiger charge is -2.23. The second-order valence-electron chi connectivity index (χ2n) is 9.71. The van der Waals surface area contributed by atoms with Crippen LogP contribution in [0.1, 0.15) is 51.1 Å². The van der Waals surface area contributed by atoms with Crippen molar-refractivity contribution in [1.29, 1.82) is 0 Å². The monoisotopic (exact) mass is 595 g/mol. The third-order valence-electron chi connectivity index (χ3n) is 6.76. The first-order valence-electron chi connectivity index (χ1n) is 12.7. The number of hydrogen-bond donors (Lipinski definition) is 2. The number of carbonyl (C=O) groups is 3. The number of hydrogen-bond acceptors (Lipinski definition) is 3. The quantitative estimate of drug-likeness (QED) is 0.345. The van der Waals surface area contributed by atoms with E-state index in [0.717, 1.165) is 30.5 Å². The molecule has 1 aliphatic rings. The summed E-state index contributed by atoms with van der Waals surface area (Å²) in [6, 6.07) is 8.66. The lowest BCUT2D eigenvalue weighted by Crippen LogP contribution is -2.45. The molecule has 0 unspecified atom stereocenters. The van der Waals surface area contributed by atoms with E-state index in [0.29, 0.717) is 37.1 Å². The summed E-state index contributed by atoms with van der Waals surface area (Å²) in [5.74, 6) is -2.87. The molecule has 222 valence electrons. The largest absolute Gasteiger partial charge is 0.416 e. The van der Waals surface area contributed by atoms with Gasteiger partial charge in [-0.25, -0.2) is 4.39 Å². The van der Waals surface area contributed by atoms with E-state index >= 15 is 0 Å². The van der Waals surface area contributed by atoms with Crippen LogP contribution in [0.15, 0.2) is 60.7 Å². The lowest BCUT2D eigenvalue weighted by atomic mass is 9.99. The van der Waals surface area contributed by atoms with Crippen LogP contribution in [-0.2, 0) is 17.1 Å². The number of halogens is 7. The van der Waals surface area contributed by atoms with Gasteiger partial charge in [0.2, 0.25) is 5.91 Å². The van der Waals surface area contributed by atoms with Crippen LogP contribution in [0.3, 0.4) is 0 Å². The van der Waals surface area contributed by atoms with Crippen molar-refractivity contribution in [2.75, 3.05) is 18.5 Å². The van der Waals surface area contributed by atoms with Gasteiger partial charge in [-0.3, -0.25) is 14.4 Å². The van der Waals surface area contributed by atoms with Crippen molar-refractivity contribution in [2.45, 2.75) is 37.7 Å². The van der Waals surface area contributed by atoms with Gasteiger partial charge in [0.1, 0.15) is 11.9 Å². The summed E-state index contributed by atoms with van der Waals surface area (Å²) in [6.45, 7) is 0.459. The molecule has 3 aromatic carbocycles. The molecule has 2 N–H and O–H groups in total. The molecule has 1 aliphatic heterocycles. The minimum Gasteiger partial charge on any atom is -0.354 e. The Morgan fingerprint density at radius 3 is 2.07 bits per heavy atom. The standard InChI is InChI=1S/C29H24F7N3O3/c1-39(27(42)18-12-19(28(31,32)33)15-20(13-18)29(34,35)36)24-14-17(7-10-22(24)16-5-8-21(30)9-6-16)25(40)38-23-4-2-3-11-37-26(23)41/h5-10,12-15,23H,2-4,11H2,1H3,(H,37,41)(H,38,40)/t23-/m1/s1. The molecule has 13 heteroatoms. The zero-order chi connectivity index (χ0) is 30.8. The maximum Gasteiger partial charge on any atom is 0.416 e. The van der Waals surface area contributed by atoms with Crippen LogP contribution >= 0.6 is 0 Å². The molecule has 4 rings (SSSR count). The average Bonchev–Trinajstić information content (AvgIpc) is 3.14. The fourth-order valence-electron chi connectivity index (χ4n) is 4.52. The summed E-state index contributed by atoms with van der Waals surface area (Å²) in [4.78, 5) is 39.6. The third kappa shape index (κ3) is 6.89. The normalized spacial score (nSPS) is 15.9.